The Hall–Kier alpha value is -6.57. The summed E-state index contributed by atoms with van der Waals surface area (Å²) in [5.74, 6) is 0.382. The van der Waals surface area contributed by atoms with E-state index in [1.54, 1.807) is 30.5 Å². The zero-order chi connectivity index (χ0) is 52.8. The minimum Gasteiger partial charge on any atom is -0.508 e. The van der Waals surface area contributed by atoms with Crippen molar-refractivity contribution >= 4 is 39.7 Å². The van der Waals surface area contributed by atoms with E-state index in [-0.39, 0.29) is 40.1 Å². The number of phenols is 1. The number of carbonyl (C=O) groups excluding carboxylic acids is 1. The van der Waals surface area contributed by atoms with Crippen LogP contribution < -0.4 is 25.8 Å². The number of halogens is 3. The predicted octanol–water partition coefficient (Wildman–Crippen LogP) is 7.55. The molecular formula is C56H69F3N10O6. The number of aromatic nitrogens is 5. The van der Waals surface area contributed by atoms with Crippen LogP contribution >= 0.6 is 0 Å². The van der Waals surface area contributed by atoms with Crippen LogP contribution in [-0.2, 0) is 16.0 Å². The Labute approximate surface area is 435 Å². The van der Waals surface area contributed by atoms with Crippen molar-refractivity contribution in [1.82, 2.24) is 39.2 Å². The highest BCUT2D eigenvalue weighted by Crippen LogP contribution is 2.42. The summed E-state index contributed by atoms with van der Waals surface area (Å²) in [6.07, 6.45) is 12.1. The van der Waals surface area contributed by atoms with Crippen molar-refractivity contribution in [3.63, 3.8) is 0 Å². The number of hydrogen-bond donors (Lipinski definition) is 2. The first-order chi connectivity index (χ1) is 36.3. The number of H-pyrrole nitrogens is 1. The smallest absolute Gasteiger partial charge is 0.332 e. The van der Waals surface area contributed by atoms with Gasteiger partial charge in [0, 0.05) is 89.0 Å². The quantitative estimate of drug-likeness (QED) is 0.122. The van der Waals surface area contributed by atoms with E-state index in [0.29, 0.717) is 75.8 Å². The first-order valence-electron chi connectivity index (χ1n) is 26.5. The monoisotopic (exact) mass is 1030 g/mol. The number of anilines is 2. The minimum atomic E-state index is -0.634. The molecule has 11 rings (SSSR count). The van der Waals surface area contributed by atoms with Gasteiger partial charge >= 0.3 is 11.7 Å². The lowest BCUT2D eigenvalue weighted by atomic mass is 9.94. The number of hydrogen-bond acceptors (Lipinski definition) is 14. The average molecular weight is 1040 g/mol. The SMILES string of the molecule is CCc1c(F)ccc2cc(O)cc(-c3ncc4c(N5CCCC(C)C5)nc(OCC56CCCN5CCC6)nc4c3F)c12.CN1CCN(CC2CCN(c3ccc(-n4ccc(=O)[nH]c4=O)cc3F)CC2)CC1.COC=O. The third kappa shape index (κ3) is 11.8. The number of pyridine rings is 1. The third-order valence-electron chi connectivity index (χ3n) is 15.8. The van der Waals surface area contributed by atoms with Crippen molar-refractivity contribution in [3.05, 3.63) is 105 Å². The molecule has 0 saturated carbocycles. The van der Waals surface area contributed by atoms with Crippen molar-refractivity contribution in [3.8, 4) is 28.7 Å². The fourth-order valence-electron chi connectivity index (χ4n) is 11.9. The van der Waals surface area contributed by atoms with Gasteiger partial charge in [-0.1, -0.05) is 19.9 Å². The Kier molecular flexibility index (Phi) is 16.7. The molecule has 75 heavy (non-hydrogen) atoms. The van der Waals surface area contributed by atoms with Crippen LogP contribution in [0.15, 0.2) is 70.5 Å². The van der Waals surface area contributed by atoms with Crippen LogP contribution in [0.5, 0.6) is 11.8 Å². The molecule has 0 aliphatic carbocycles. The summed E-state index contributed by atoms with van der Waals surface area (Å²) in [4.78, 5) is 60.1. The number of phenolic OH excluding ortho intramolecular Hbond substituents is 1. The number of aryl methyl sites for hydroxylation is 1. The van der Waals surface area contributed by atoms with Crippen molar-refractivity contribution in [1.29, 1.82) is 0 Å². The minimum absolute atomic E-state index is 0.00117. The maximum Gasteiger partial charge on any atom is 0.332 e. The van der Waals surface area contributed by atoms with Gasteiger partial charge in [0.15, 0.2) is 5.82 Å². The van der Waals surface area contributed by atoms with Gasteiger partial charge in [-0.15, -0.1) is 0 Å². The normalized spacial score (nSPS) is 19.3. The standard InChI is InChI=1S/C33H37F2N5O2.C21H28FN5O2.C2H4O2/c1-3-23-26(34)9-8-21-15-22(41)16-24(27(21)23)29-28(35)30-25(17-36-29)31(39-12-4-7-20(2)18-39)38-32(37-30)42-19-33-10-5-13-40(33)14-6-11-33;1-24-10-12-25(13-11-24)15-16-4-7-26(8-5-16)19-3-2-17(14-18(19)22)27-9-6-20(28)23-21(27)29;1-4-2-3/h8-9,15-17,20,41H,3-7,10-14,18-19H2,1-2H3;2-3,6,9,14,16H,4-5,7-8,10-13,15H2,1H3,(H,23,28,29);2H,1H3. The molecule has 5 aliphatic heterocycles. The number of piperazine rings is 1. The van der Waals surface area contributed by atoms with E-state index in [4.69, 9.17) is 14.5 Å². The number of methoxy groups -OCH3 is 1. The highest BCUT2D eigenvalue weighted by atomic mass is 19.1. The van der Waals surface area contributed by atoms with Crippen LogP contribution in [0.3, 0.4) is 0 Å². The number of ether oxygens (including phenoxy) is 2. The lowest BCUT2D eigenvalue weighted by Crippen LogP contribution is -2.47. The van der Waals surface area contributed by atoms with Gasteiger partial charge in [-0.2, -0.15) is 9.97 Å². The Bertz CT molecular complexity index is 3090. The van der Waals surface area contributed by atoms with Crippen LogP contribution in [-0.4, -0.2) is 149 Å². The summed E-state index contributed by atoms with van der Waals surface area (Å²) < 4.78 is 57.8. The largest absolute Gasteiger partial charge is 0.508 e. The van der Waals surface area contributed by atoms with Crippen LogP contribution in [0.2, 0.25) is 0 Å². The maximum absolute atomic E-state index is 16.7. The summed E-state index contributed by atoms with van der Waals surface area (Å²) >= 11 is 0. The van der Waals surface area contributed by atoms with Crippen molar-refractivity contribution in [2.45, 2.75) is 77.2 Å². The molecule has 16 nitrogen and oxygen atoms in total. The molecule has 8 heterocycles. The summed E-state index contributed by atoms with van der Waals surface area (Å²) in [5.41, 5.74) is 0.857. The molecule has 3 aromatic heterocycles. The molecule has 0 amide bonds. The van der Waals surface area contributed by atoms with E-state index in [0.717, 1.165) is 123 Å². The Balaban J connectivity index is 0.000000182. The molecule has 0 spiro atoms. The number of fused-ring (bicyclic) bond motifs is 3. The molecule has 3 aromatic carbocycles. The molecule has 6 aromatic rings. The lowest BCUT2D eigenvalue weighted by Gasteiger charge is -2.38. The summed E-state index contributed by atoms with van der Waals surface area (Å²) in [6, 6.07) is 12.2. The second-order valence-corrected chi connectivity index (χ2v) is 20.9. The van der Waals surface area contributed by atoms with Crippen LogP contribution in [0.25, 0.3) is 38.6 Å². The molecule has 5 saturated heterocycles. The zero-order valence-corrected chi connectivity index (χ0v) is 43.5. The number of aromatic amines is 1. The molecule has 0 radical (unpaired) electrons. The van der Waals surface area contributed by atoms with Crippen molar-refractivity contribution in [2.75, 3.05) is 103 Å². The lowest BCUT2D eigenvalue weighted by molar-refractivity contribution is -0.126. The highest BCUT2D eigenvalue weighted by molar-refractivity contribution is 6.01. The number of piperidine rings is 2. The van der Waals surface area contributed by atoms with E-state index in [9.17, 15) is 23.5 Å². The topological polar surface area (TPSA) is 165 Å². The molecule has 0 bridgehead atoms. The number of rotatable bonds is 11. The van der Waals surface area contributed by atoms with Gasteiger partial charge in [0.05, 0.1) is 29.4 Å². The van der Waals surface area contributed by atoms with Gasteiger partial charge in [-0.25, -0.2) is 18.0 Å². The second-order valence-electron chi connectivity index (χ2n) is 20.9. The predicted molar refractivity (Wildman–Crippen MR) is 285 cm³/mol. The van der Waals surface area contributed by atoms with Gasteiger partial charge < -0.3 is 34.2 Å². The zero-order valence-electron chi connectivity index (χ0n) is 43.5. The summed E-state index contributed by atoms with van der Waals surface area (Å²) in [7, 11) is 3.48. The van der Waals surface area contributed by atoms with Crippen LogP contribution in [0, 0.1) is 29.3 Å². The Morgan fingerprint density at radius 3 is 2.29 bits per heavy atom. The second kappa shape index (κ2) is 23.5. The maximum atomic E-state index is 16.7. The highest BCUT2D eigenvalue weighted by Gasteiger charge is 2.45. The van der Waals surface area contributed by atoms with Gasteiger partial charge in [0.2, 0.25) is 0 Å². The number of aromatic hydroxyl groups is 1. The molecule has 19 heteroatoms. The molecule has 5 aliphatic rings. The molecule has 400 valence electrons. The van der Waals surface area contributed by atoms with Crippen molar-refractivity contribution in [2.24, 2.45) is 11.8 Å². The molecule has 1 unspecified atom stereocenters. The summed E-state index contributed by atoms with van der Waals surface area (Å²) in [6.45, 7) is 16.1. The number of benzene rings is 3. The molecule has 1 atom stereocenters. The van der Waals surface area contributed by atoms with Crippen molar-refractivity contribution < 1.29 is 32.5 Å². The first-order valence-corrected chi connectivity index (χ1v) is 26.5. The van der Waals surface area contributed by atoms with E-state index < -0.39 is 17.1 Å². The van der Waals surface area contributed by atoms with Gasteiger partial charge in [-0.3, -0.25) is 29.0 Å². The molecule has 2 N–H and O–H groups in total. The van der Waals surface area contributed by atoms with Gasteiger partial charge in [0.25, 0.3) is 12.0 Å². The van der Waals surface area contributed by atoms with E-state index >= 15 is 4.39 Å². The Morgan fingerprint density at radius 2 is 1.61 bits per heavy atom. The molecular weight excluding hydrogens is 966 g/mol. The fraction of sp³-hybridized carbons (Fsp3) is 0.500. The third-order valence-corrected chi connectivity index (χ3v) is 15.8. The van der Waals surface area contributed by atoms with E-state index in [1.807, 2.05) is 6.92 Å². The Morgan fingerprint density at radius 1 is 0.867 bits per heavy atom. The number of likely N-dealkylation sites (N-methyl/N-ethyl adjacent to an activating group) is 1. The fourth-order valence-corrected chi connectivity index (χ4v) is 11.9. The van der Waals surface area contributed by atoms with E-state index in [1.165, 1.54) is 42.1 Å². The number of nitrogens with one attached hydrogen (secondary N) is 1. The number of nitrogens with zero attached hydrogens (tertiary/aromatic N) is 9. The van der Waals surface area contributed by atoms with Gasteiger partial charge in [0.1, 0.15) is 41.0 Å². The van der Waals surface area contributed by atoms with E-state index in [2.05, 4.69) is 58.2 Å². The van der Waals surface area contributed by atoms with Gasteiger partial charge in [-0.05, 0) is 136 Å². The number of carbonyl (C=O) groups is 1. The van der Waals surface area contributed by atoms with Crippen LogP contribution in [0.1, 0.15) is 70.8 Å². The average Bonchev–Trinajstić information content (AvgIpc) is 4.01. The molecule has 5 fully saturated rings. The van der Waals surface area contributed by atoms with Crippen LogP contribution in [0.4, 0.5) is 24.7 Å². The first kappa shape index (κ1) is 53.3. The summed E-state index contributed by atoms with van der Waals surface area (Å²) in [5, 5.41) is 12.2.